The fraction of sp³-hybridized carbons (Fsp3) is 0.600. The minimum absolute atomic E-state index is 0.239. The van der Waals surface area contributed by atoms with E-state index >= 15 is 0 Å². The van der Waals surface area contributed by atoms with Gasteiger partial charge in [0.15, 0.2) is 0 Å². The Balaban J connectivity index is 2.59. The van der Waals surface area contributed by atoms with Crippen molar-refractivity contribution in [2.45, 2.75) is 59.0 Å². The number of aliphatic imine (C=N–C) groups is 1. The van der Waals surface area contributed by atoms with Gasteiger partial charge in [0, 0.05) is 19.5 Å². The highest BCUT2D eigenvalue weighted by Crippen LogP contribution is 2.22. The summed E-state index contributed by atoms with van der Waals surface area (Å²) in [5.74, 6) is 0.391. The van der Waals surface area contributed by atoms with Gasteiger partial charge in [-0.25, -0.2) is 9.79 Å². The Morgan fingerprint density at radius 2 is 1.76 bits per heavy atom. The number of fused-ring (bicyclic) bond motifs is 1. The van der Waals surface area contributed by atoms with Gasteiger partial charge in [-0.1, -0.05) is 26.7 Å². The zero-order chi connectivity index (χ0) is 15.4. The monoisotopic (exact) mass is 288 g/mol. The van der Waals surface area contributed by atoms with E-state index in [4.69, 9.17) is 5.26 Å². The van der Waals surface area contributed by atoms with Crippen LogP contribution in [0.5, 0.6) is 0 Å². The number of aromatic nitrogens is 2. The second kappa shape index (κ2) is 6.53. The predicted molar refractivity (Wildman–Crippen MR) is 81.2 cm³/mol. The number of unbranched alkanes of at least 4 members (excludes halogenated alkanes) is 2. The molecule has 0 radical (unpaired) electrons. The maximum atomic E-state index is 12.5. The highest BCUT2D eigenvalue weighted by molar-refractivity contribution is 6.04. The molecule has 6 nitrogen and oxygen atoms in total. The lowest BCUT2D eigenvalue weighted by Crippen LogP contribution is -2.41. The Bertz CT molecular complexity index is 719. The summed E-state index contributed by atoms with van der Waals surface area (Å²) in [6, 6.07) is 1.99. The standard InChI is InChI=1S/C15H20N4O2/c1-3-5-7-18-13-12(9-11(10-16)17-13)14(20)19(15(18)21)8-6-4-2/h3-9H2,1-2H3. The predicted octanol–water partition coefficient (Wildman–Crippen LogP) is 1.76. The average Bonchev–Trinajstić information content (AvgIpc) is 2.91. The molecule has 2 heterocycles. The van der Waals surface area contributed by atoms with Crippen LogP contribution in [0.1, 0.15) is 45.1 Å². The molecule has 6 heteroatoms. The molecule has 1 aromatic rings. The molecular formula is C15H20N4O2. The number of hydrogen-bond acceptors (Lipinski definition) is 4. The van der Waals surface area contributed by atoms with Gasteiger partial charge in [0.1, 0.15) is 17.6 Å². The lowest BCUT2D eigenvalue weighted by molar-refractivity contribution is 0.517. The number of nitrogens with zero attached hydrogens (tertiary/aromatic N) is 4. The first-order valence-electron chi connectivity index (χ1n) is 7.48. The largest absolute Gasteiger partial charge is 0.332 e. The molecule has 2 rings (SSSR count). The normalized spacial score (nSPS) is 12.9. The van der Waals surface area contributed by atoms with Crippen molar-refractivity contribution in [3.63, 3.8) is 0 Å². The van der Waals surface area contributed by atoms with Gasteiger partial charge in [0.05, 0.1) is 5.56 Å². The summed E-state index contributed by atoms with van der Waals surface area (Å²) >= 11 is 0. The van der Waals surface area contributed by atoms with Crippen molar-refractivity contribution in [3.05, 3.63) is 26.4 Å². The molecule has 0 bridgehead atoms. The van der Waals surface area contributed by atoms with Crippen LogP contribution in [0, 0.1) is 11.3 Å². The van der Waals surface area contributed by atoms with E-state index in [0.717, 1.165) is 25.7 Å². The van der Waals surface area contributed by atoms with E-state index in [1.54, 1.807) is 4.57 Å². The first-order chi connectivity index (χ1) is 10.1. The third-order valence-electron chi connectivity index (χ3n) is 3.68. The summed E-state index contributed by atoms with van der Waals surface area (Å²) < 4.78 is 2.86. The van der Waals surface area contributed by atoms with E-state index < -0.39 is 0 Å². The molecule has 0 saturated carbocycles. The Kier molecular flexibility index (Phi) is 4.73. The van der Waals surface area contributed by atoms with Crippen LogP contribution in [0.3, 0.4) is 0 Å². The molecule has 0 spiro atoms. The summed E-state index contributed by atoms with van der Waals surface area (Å²) in [5, 5.41) is 9.00. The Hall–Kier alpha value is -2.16. The van der Waals surface area contributed by atoms with Crippen molar-refractivity contribution < 1.29 is 0 Å². The maximum Gasteiger partial charge on any atom is 0.332 e. The van der Waals surface area contributed by atoms with Crippen LogP contribution in [0.15, 0.2) is 14.6 Å². The Morgan fingerprint density at radius 1 is 1.14 bits per heavy atom. The van der Waals surface area contributed by atoms with Crippen LogP contribution in [0.4, 0.5) is 5.82 Å². The highest BCUT2D eigenvalue weighted by atomic mass is 16.2. The number of hydrogen-bond donors (Lipinski definition) is 0. The van der Waals surface area contributed by atoms with Crippen LogP contribution in [-0.4, -0.2) is 14.8 Å². The second-order valence-corrected chi connectivity index (χ2v) is 5.25. The lowest BCUT2D eigenvalue weighted by atomic mass is 10.2. The lowest BCUT2D eigenvalue weighted by Gasteiger charge is -2.13. The van der Waals surface area contributed by atoms with Crippen molar-refractivity contribution in [1.29, 1.82) is 5.26 Å². The molecule has 1 aliphatic heterocycles. The van der Waals surface area contributed by atoms with Gasteiger partial charge in [-0.15, -0.1) is 0 Å². The molecule has 21 heavy (non-hydrogen) atoms. The van der Waals surface area contributed by atoms with Crippen LogP contribution in [0.2, 0.25) is 0 Å². The molecular weight excluding hydrogens is 268 g/mol. The number of rotatable bonds is 6. The molecule has 0 atom stereocenters. The van der Waals surface area contributed by atoms with Crippen molar-refractivity contribution in [2.75, 3.05) is 0 Å². The SMILES string of the molecule is CCCCn1c2c(c(=O)n(CCCC)c1=O)CC(C#N)=N2. The van der Waals surface area contributed by atoms with Crippen molar-refractivity contribution in [2.24, 2.45) is 4.99 Å². The minimum atomic E-state index is -0.302. The molecule has 1 aliphatic rings. The fourth-order valence-electron chi connectivity index (χ4n) is 2.46. The molecule has 0 aromatic carbocycles. The topological polar surface area (TPSA) is 80.1 Å². The van der Waals surface area contributed by atoms with Gasteiger partial charge in [-0.3, -0.25) is 13.9 Å². The zero-order valence-corrected chi connectivity index (χ0v) is 12.6. The second-order valence-electron chi connectivity index (χ2n) is 5.25. The molecule has 0 N–H and O–H groups in total. The summed E-state index contributed by atoms with van der Waals surface area (Å²) in [7, 11) is 0. The summed E-state index contributed by atoms with van der Waals surface area (Å²) in [6.45, 7) is 5.02. The van der Waals surface area contributed by atoms with Gasteiger partial charge < -0.3 is 0 Å². The van der Waals surface area contributed by atoms with E-state index in [1.165, 1.54) is 4.57 Å². The first kappa shape index (κ1) is 15.2. The van der Waals surface area contributed by atoms with Crippen molar-refractivity contribution >= 4 is 11.5 Å². The molecule has 112 valence electrons. The van der Waals surface area contributed by atoms with Gasteiger partial charge in [-0.2, -0.15) is 5.26 Å². The van der Waals surface area contributed by atoms with Crippen LogP contribution >= 0.6 is 0 Å². The fourth-order valence-corrected chi connectivity index (χ4v) is 2.46. The maximum absolute atomic E-state index is 12.5. The Labute approximate surface area is 123 Å². The van der Waals surface area contributed by atoms with Crippen molar-refractivity contribution in [1.82, 2.24) is 9.13 Å². The van der Waals surface area contributed by atoms with E-state index in [-0.39, 0.29) is 17.7 Å². The quantitative estimate of drug-likeness (QED) is 0.800. The third-order valence-corrected chi connectivity index (χ3v) is 3.68. The highest BCUT2D eigenvalue weighted by Gasteiger charge is 2.24. The smallest absolute Gasteiger partial charge is 0.278 e. The average molecular weight is 288 g/mol. The molecule has 0 saturated heterocycles. The van der Waals surface area contributed by atoms with E-state index in [9.17, 15) is 9.59 Å². The molecule has 0 amide bonds. The van der Waals surface area contributed by atoms with Crippen LogP contribution in [0.25, 0.3) is 0 Å². The summed E-state index contributed by atoms with van der Waals surface area (Å²) in [6.07, 6.45) is 3.73. The van der Waals surface area contributed by atoms with Gasteiger partial charge in [-0.05, 0) is 12.8 Å². The molecule has 1 aromatic heterocycles. The third kappa shape index (κ3) is 2.82. The van der Waals surface area contributed by atoms with E-state index in [2.05, 4.69) is 4.99 Å². The van der Waals surface area contributed by atoms with E-state index in [0.29, 0.717) is 30.2 Å². The molecule has 0 aliphatic carbocycles. The zero-order valence-electron chi connectivity index (χ0n) is 12.6. The van der Waals surface area contributed by atoms with Crippen LogP contribution in [-0.2, 0) is 19.5 Å². The van der Waals surface area contributed by atoms with E-state index in [1.807, 2.05) is 19.9 Å². The van der Waals surface area contributed by atoms with Gasteiger partial charge >= 0.3 is 5.69 Å². The Morgan fingerprint density at radius 3 is 2.33 bits per heavy atom. The number of nitriles is 1. The molecule has 0 unspecified atom stereocenters. The first-order valence-corrected chi connectivity index (χ1v) is 7.48. The van der Waals surface area contributed by atoms with Gasteiger partial charge in [0.2, 0.25) is 0 Å². The summed E-state index contributed by atoms with van der Waals surface area (Å²) in [5.41, 5.74) is 0.201. The minimum Gasteiger partial charge on any atom is -0.278 e. The molecule has 0 fully saturated rings. The summed E-state index contributed by atoms with van der Waals surface area (Å²) in [4.78, 5) is 29.1. The van der Waals surface area contributed by atoms with Crippen molar-refractivity contribution in [3.8, 4) is 6.07 Å². The van der Waals surface area contributed by atoms with Gasteiger partial charge in [0.25, 0.3) is 5.56 Å². The van der Waals surface area contributed by atoms with Crippen LogP contribution < -0.4 is 11.2 Å².